The van der Waals surface area contributed by atoms with Crippen LogP contribution in [0.15, 0.2) is 10.9 Å². The van der Waals surface area contributed by atoms with Crippen molar-refractivity contribution in [3.8, 4) is 0 Å². The lowest BCUT2D eigenvalue weighted by Crippen LogP contribution is -2.37. The van der Waals surface area contributed by atoms with Gasteiger partial charge >= 0.3 is 5.97 Å². The van der Waals surface area contributed by atoms with Crippen molar-refractivity contribution in [3.05, 3.63) is 27.5 Å². The monoisotopic (exact) mass is 236 g/mol. The third-order valence-electron chi connectivity index (χ3n) is 3.20. The Kier molecular flexibility index (Phi) is 2.92. The number of hydrogen-bond acceptors (Lipinski definition) is 3. The van der Waals surface area contributed by atoms with Crippen molar-refractivity contribution in [2.45, 2.75) is 26.3 Å². The number of hydrogen-bond donors (Lipinski definition) is 1. The highest BCUT2D eigenvalue weighted by atomic mass is 16.4. The Morgan fingerprint density at radius 1 is 1.47 bits per heavy atom. The zero-order chi connectivity index (χ0) is 12.6. The predicted molar refractivity (Wildman–Crippen MR) is 64.9 cm³/mol. The van der Waals surface area contributed by atoms with Gasteiger partial charge in [0.1, 0.15) is 11.4 Å². The van der Waals surface area contributed by atoms with Crippen LogP contribution in [0.5, 0.6) is 0 Å². The lowest BCUT2D eigenvalue weighted by Gasteiger charge is -2.30. The second-order valence-electron chi connectivity index (χ2n) is 4.29. The third kappa shape index (κ3) is 1.81. The first kappa shape index (κ1) is 11.7. The van der Waals surface area contributed by atoms with E-state index in [1.807, 2.05) is 18.9 Å². The highest BCUT2D eigenvalue weighted by Crippen LogP contribution is 2.25. The number of fused-ring (bicyclic) bond motifs is 1. The first-order valence-electron chi connectivity index (χ1n) is 5.77. The summed E-state index contributed by atoms with van der Waals surface area (Å²) in [7, 11) is 1.83. The van der Waals surface area contributed by atoms with E-state index in [1.54, 1.807) is 4.57 Å². The van der Waals surface area contributed by atoms with Crippen LogP contribution in [0.3, 0.4) is 0 Å². The number of carbonyl (C=O) groups is 1. The average molecular weight is 236 g/mol. The standard InChI is InChI=1S/C12H16N2O3/c1-3-8-7-9(15)14-6-4-5-13(2)11(14)10(8)12(16)17/h7H,3-6H2,1-2H3,(H,16,17). The molecule has 1 aromatic heterocycles. The molecule has 0 amide bonds. The Hall–Kier alpha value is -1.78. The van der Waals surface area contributed by atoms with Gasteiger partial charge in [0.05, 0.1) is 0 Å². The van der Waals surface area contributed by atoms with Gasteiger partial charge in [0.25, 0.3) is 5.56 Å². The molecule has 0 aromatic carbocycles. The van der Waals surface area contributed by atoms with E-state index in [2.05, 4.69) is 0 Å². The van der Waals surface area contributed by atoms with Crippen molar-refractivity contribution in [2.75, 3.05) is 18.5 Å². The molecule has 0 fully saturated rings. The van der Waals surface area contributed by atoms with E-state index >= 15 is 0 Å². The van der Waals surface area contributed by atoms with Crippen LogP contribution in [0.25, 0.3) is 0 Å². The number of rotatable bonds is 2. The quantitative estimate of drug-likeness (QED) is 0.830. The molecular weight excluding hydrogens is 220 g/mol. The topological polar surface area (TPSA) is 62.5 Å². The van der Waals surface area contributed by atoms with Crippen LogP contribution in [0.1, 0.15) is 29.3 Å². The van der Waals surface area contributed by atoms with Crippen LogP contribution in [0.4, 0.5) is 5.82 Å². The Morgan fingerprint density at radius 3 is 2.76 bits per heavy atom. The molecule has 0 saturated heterocycles. The zero-order valence-corrected chi connectivity index (χ0v) is 10.1. The van der Waals surface area contributed by atoms with E-state index in [1.165, 1.54) is 6.07 Å². The SMILES string of the molecule is CCc1cc(=O)n2c(c1C(=O)O)N(C)CCC2. The van der Waals surface area contributed by atoms with Gasteiger partial charge in [0.15, 0.2) is 0 Å². The molecule has 0 saturated carbocycles. The van der Waals surface area contributed by atoms with Gasteiger partial charge in [-0.25, -0.2) is 4.79 Å². The second-order valence-corrected chi connectivity index (χ2v) is 4.29. The van der Waals surface area contributed by atoms with Gasteiger partial charge in [-0.2, -0.15) is 0 Å². The normalized spacial score (nSPS) is 14.6. The van der Waals surface area contributed by atoms with Gasteiger partial charge in [0, 0.05) is 26.2 Å². The fourth-order valence-corrected chi connectivity index (χ4v) is 2.38. The smallest absolute Gasteiger partial charge is 0.339 e. The molecular formula is C12H16N2O3. The van der Waals surface area contributed by atoms with E-state index in [0.29, 0.717) is 24.3 Å². The van der Waals surface area contributed by atoms with Crippen LogP contribution < -0.4 is 10.5 Å². The van der Waals surface area contributed by atoms with Crippen LogP contribution in [0, 0.1) is 0 Å². The van der Waals surface area contributed by atoms with Crippen LogP contribution in [-0.4, -0.2) is 29.2 Å². The molecule has 1 aromatic rings. The van der Waals surface area contributed by atoms with Gasteiger partial charge in [-0.05, 0) is 18.4 Å². The number of nitrogens with zero attached hydrogens (tertiary/aromatic N) is 2. The molecule has 0 aliphatic carbocycles. The van der Waals surface area contributed by atoms with Crippen molar-refractivity contribution >= 4 is 11.8 Å². The molecule has 2 heterocycles. The summed E-state index contributed by atoms with van der Waals surface area (Å²) in [6, 6.07) is 1.45. The van der Waals surface area contributed by atoms with E-state index in [0.717, 1.165) is 13.0 Å². The summed E-state index contributed by atoms with van der Waals surface area (Å²) in [5.74, 6) is -0.410. The number of carboxylic acid groups (broad SMARTS) is 1. The number of aromatic carboxylic acids is 1. The van der Waals surface area contributed by atoms with Crippen molar-refractivity contribution < 1.29 is 9.90 Å². The molecule has 0 bridgehead atoms. The molecule has 1 N–H and O–H groups in total. The molecule has 92 valence electrons. The van der Waals surface area contributed by atoms with E-state index in [4.69, 9.17) is 0 Å². The molecule has 0 unspecified atom stereocenters. The number of carboxylic acids is 1. The summed E-state index contributed by atoms with van der Waals surface area (Å²) in [4.78, 5) is 25.1. The average Bonchev–Trinajstić information content (AvgIpc) is 2.29. The Morgan fingerprint density at radius 2 is 2.18 bits per heavy atom. The minimum absolute atomic E-state index is 0.103. The Labute approximate surface area is 99.3 Å². The Bertz CT molecular complexity index is 519. The van der Waals surface area contributed by atoms with E-state index in [9.17, 15) is 14.7 Å². The van der Waals surface area contributed by atoms with Gasteiger partial charge in [-0.15, -0.1) is 0 Å². The van der Waals surface area contributed by atoms with Crippen LogP contribution >= 0.6 is 0 Å². The fourth-order valence-electron chi connectivity index (χ4n) is 2.38. The second kappa shape index (κ2) is 4.24. The van der Waals surface area contributed by atoms with Crippen LogP contribution in [-0.2, 0) is 13.0 Å². The summed E-state index contributed by atoms with van der Waals surface area (Å²) < 4.78 is 1.56. The first-order valence-corrected chi connectivity index (χ1v) is 5.77. The maximum absolute atomic E-state index is 11.9. The van der Waals surface area contributed by atoms with E-state index < -0.39 is 5.97 Å². The summed E-state index contributed by atoms with van der Waals surface area (Å²) in [5.41, 5.74) is 0.783. The fraction of sp³-hybridized carbons (Fsp3) is 0.500. The number of anilines is 1. The van der Waals surface area contributed by atoms with Gasteiger partial charge in [0.2, 0.25) is 0 Å². The van der Waals surface area contributed by atoms with Crippen molar-refractivity contribution in [1.82, 2.24) is 4.57 Å². The minimum Gasteiger partial charge on any atom is -0.478 e. The lowest BCUT2D eigenvalue weighted by atomic mass is 10.0. The minimum atomic E-state index is -0.959. The molecule has 1 aliphatic heterocycles. The molecule has 0 atom stereocenters. The highest BCUT2D eigenvalue weighted by molar-refractivity contribution is 5.95. The predicted octanol–water partition coefficient (Wildman–Crippen LogP) is 0.949. The third-order valence-corrected chi connectivity index (χ3v) is 3.20. The molecule has 0 radical (unpaired) electrons. The molecule has 5 heteroatoms. The maximum atomic E-state index is 11.9. The van der Waals surface area contributed by atoms with E-state index in [-0.39, 0.29) is 11.1 Å². The summed E-state index contributed by atoms with van der Waals surface area (Å²) in [6.45, 7) is 3.25. The summed E-state index contributed by atoms with van der Waals surface area (Å²) in [5, 5.41) is 9.32. The van der Waals surface area contributed by atoms with Crippen molar-refractivity contribution in [3.63, 3.8) is 0 Å². The first-order chi connectivity index (χ1) is 8.06. The molecule has 0 spiro atoms. The molecule has 1 aliphatic rings. The zero-order valence-electron chi connectivity index (χ0n) is 10.1. The molecule has 5 nitrogen and oxygen atoms in total. The number of aryl methyl sites for hydroxylation is 1. The lowest BCUT2D eigenvalue weighted by molar-refractivity contribution is 0.0695. The van der Waals surface area contributed by atoms with Gasteiger partial charge in [-0.1, -0.05) is 6.92 Å². The Balaban J connectivity index is 2.79. The van der Waals surface area contributed by atoms with Crippen LogP contribution in [0.2, 0.25) is 0 Å². The largest absolute Gasteiger partial charge is 0.478 e. The number of aromatic nitrogens is 1. The van der Waals surface area contributed by atoms with Gasteiger partial charge in [-0.3, -0.25) is 9.36 Å². The highest BCUT2D eigenvalue weighted by Gasteiger charge is 2.25. The van der Waals surface area contributed by atoms with Crippen molar-refractivity contribution in [2.24, 2.45) is 0 Å². The summed E-state index contributed by atoms with van der Waals surface area (Å²) >= 11 is 0. The summed E-state index contributed by atoms with van der Waals surface area (Å²) in [6.07, 6.45) is 1.42. The number of pyridine rings is 1. The maximum Gasteiger partial charge on any atom is 0.339 e. The van der Waals surface area contributed by atoms with Crippen molar-refractivity contribution in [1.29, 1.82) is 0 Å². The van der Waals surface area contributed by atoms with Gasteiger partial charge < -0.3 is 10.0 Å². The molecule has 2 rings (SSSR count). The molecule has 17 heavy (non-hydrogen) atoms.